The fraction of sp³-hybridized carbons (Fsp3) is 0.0833. The van der Waals surface area contributed by atoms with Gasteiger partial charge in [-0.15, -0.1) is 0 Å². The van der Waals surface area contributed by atoms with Crippen LogP contribution in [0.4, 0.5) is 4.39 Å². The van der Waals surface area contributed by atoms with E-state index in [9.17, 15) is 9.18 Å². The van der Waals surface area contributed by atoms with Crippen LogP contribution >= 0.6 is 23.2 Å². The third-order valence-corrected chi connectivity index (χ3v) is 6.09. The molecular formula is C24H16Cl2FN3O. The molecular weight excluding hydrogens is 436 g/mol. The first-order valence-corrected chi connectivity index (χ1v) is 10.4. The number of nitrogens with one attached hydrogen (secondary N) is 1. The lowest BCUT2D eigenvalue weighted by atomic mass is 9.96. The van der Waals surface area contributed by atoms with Crippen LogP contribution in [0.15, 0.2) is 72.8 Å². The fourth-order valence-electron chi connectivity index (χ4n) is 3.99. The van der Waals surface area contributed by atoms with Gasteiger partial charge in [-0.25, -0.2) is 4.39 Å². The van der Waals surface area contributed by atoms with E-state index in [1.807, 2.05) is 30.3 Å². The second-order valence-corrected chi connectivity index (χ2v) is 8.19. The maximum Gasteiger partial charge on any atom is 0.273 e. The number of fused-ring (bicyclic) bond motifs is 1. The van der Waals surface area contributed by atoms with Gasteiger partial charge < -0.3 is 4.90 Å². The van der Waals surface area contributed by atoms with Crippen LogP contribution in [0, 0.1) is 5.82 Å². The van der Waals surface area contributed by atoms with Gasteiger partial charge in [0.1, 0.15) is 11.5 Å². The highest BCUT2D eigenvalue weighted by atomic mass is 35.5. The zero-order valence-corrected chi connectivity index (χ0v) is 17.7. The number of H-pyrrole nitrogens is 1. The highest BCUT2D eigenvalue weighted by molar-refractivity contribution is 6.31. The zero-order chi connectivity index (χ0) is 21.5. The molecule has 0 radical (unpaired) electrons. The third kappa shape index (κ3) is 3.50. The standard InChI is InChI=1S/C24H16Cl2FN3O/c25-17-9-5-14(6-10-17)21-20-22(29-28-21)24(31)30(13-16-3-1-2-4-19(16)26)23(20)15-7-11-18(27)12-8-15/h1-12,23H,13H2,(H,28,29). The summed E-state index contributed by atoms with van der Waals surface area (Å²) in [6, 6.07) is 20.4. The normalized spacial score (nSPS) is 15.4. The largest absolute Gasteiger partial charge is 0.322 e. The molecule has 1 aliphatic heterocycles. The number of hydrogen-bond acceptors (Lipinski definition) is 2. The summed E-state index contributed by atoms with van der Waals surface area (Å²) < 4.78 is 13.6. The number of carbonyl (C=O) groups is 1. The minimum absolute atomic E-state index is 0.183. The summed E-state index contributed by atoms with van der Waals surface area (Å²) in [5, 5.41) is 8.53. The van der Waals surface area contributed by atoms with Crippen molar-refractivity contribution < 1.29 is 9.18 Å². The average Bonchev–Trinajstić information content (AvgIpc) is 3.31. The van der Waals surface area contributed by atoms with Crippen molar-refractivity contribution in [3.05, 3.63) is 111 Å². The highest BCUT2D eigenvalue weighted by Crippen LogP contribution is 2.44. The number of aromatic amines is 1. The van der Waals surface area contributed by atoms with Crippen molar-refractivity contribution in [2.45, 2.75) is 12.6 Å². The van der Waals surface area contributed by atoms with E-state index in [4.69, 9.17) is 23.2 Å². The fourth-order valence-corrected chi connectivity index (χ4v) is 4.31. The molecule has 7 heteroatoms. The molecule has 0 fully saturated rings. The molecule has 4 nitrogen and oxygen atoms in total. The maximum absolute atomic E-state index is 13.6. The van der Waals surface area contributed by atoms with Gasteiger partial charge in [0.15, 0.2) is 0 Å². The van der Waals surface area contributed by atoms with Crippen molar-refractivity contribution in [2.75, 3.05) is 0 Å². The van der Waals surface area contributed by atoms with E-state index in [-0.39, 0.29) is 11.7 Å². The number of aromatic nitrogens is 2. The van der Waals surface area contributed by atoms with Crippen molar-refractivity contribution in [1.82, 2.24) is 15.1 Å². The van der Waals surface area contributed by atoms with E-state index in [0.717, 1.165) is 22.3 Å². The Hall–Kier alpha value is -3.15. The molecule has 0 bridgehead atoms. The Kier molecular flexibility index (Phi) is 5.00. The monoisotopic (exact) mass is 451 g/mol. The van der Waals surface area contributed by atoms with E-state index in [1.165, 1.54) is 12.1 Å². The van der Waals surface area contributed by atoms with Crippen LogP contribution in [-0.4, -0.2) is 21.0 Å². The molecule has 1 aliphatic rings. The Bertz CT molecular complexity index is 1270. The summed E-state index contributed by atoms with van der Waals surface area (Å²) in [6.45, 7) is 0.309. The lowest BCUT2D eigenvalue weighted by molar-refractivity contribution is 0.0730. The average molecular weight is 452 g/mol. The Morgan fingerprint density at radius 2 is 1.68 bits per heavy atom. The Labute approximate surface area is 188 Å². The first-order chi connectivity index (χ1) is 15.0. The van der Waals surface area contributed by atoms with Crippen LogP contribution in [0.3, 0.4) is 0 Å². The van der Waals surface area contributed by atoms with Gasteiger partial charge in [-0.2, -0.15) is 5.10 Å². The van der Waals surface area contributed by atoms with Gasteiger partial charge in [0.05, 0.1) is 11.7 Å². The van der Waals surface area contributed by atoms with E-state index < -0.39 is 6.04 Å². The van der Waals surface area contributed by atoms with Gasteiger partial charge in [-0.05, 0) is 41.5 Å². The van der Waals surface area contributed by atoms with E-state index in [0.29, 0.717) is 28.0 Å². The van der Waals surface area contributed by atoms with E-state index >= 15 is 0 Å². The molecule has 0 aliphatic carbocycles. The first-order valence-electron chi connectivity index (χ1n) is 9.67. The molecule has 154 valence electrons. The summed E-state index contributed by atoms with van der Waals surface area (Å²) >= 11 is 12.4. The molecule has 2 heterocycles. The molecule has 1 aromatic heterocycles. The van der Waals surface area contributed by atoms with Crippen molar-refractivity contribution in [1.29, 1.82) is 0 Å². The summed E-state index contributed by atoms with van der Waals surface area (Å²) in [5.41, 5.74) is 4.29. The van der Waals surface area contributed by atoms with Gasteiger partial charge >= 0.3 is 0 Å². The summed E-state index contributed by atoms with van der Waals surface area (Å²) in [5.74, 6) is -0.520. The topological polar surface area (TPSA) is 49.0 Å². The molecule has 31 heavy (non-hydrogen) atoms. The number of benzene rings is 3. The molecule has 5 rings (SSSR count). The summed E-state index contributed by atoms with van der Waals surface area (Å²) in [6.07, 6.45) is 0. The van der Waals surface area contributed by atoms with Gasteiger partial charge in [0.25, 0.3) is 5.91 Å². The van der Waals surface area contributed by atoms with Gasteiger partial charge in [0, 0.05) is 27.7 Å². The lowest BCUT2D eigenvalue weighted by Crippen LogP contribution is -2.29. The number of rotatable bonds is 4. The highest BCUT2D eigenvalue weighted by Gasteiger charge is 2.42. The predicted octanol–water partition coefficient (Wildman–Crippen LogP) is 6.27. The van der Waals surface area contributed by atoms with Crippen molar-refractivity contribution in [3.63, 3.8) is 0 Å². The van der Waals surface area contributed by atoms with Crippen molar-refractivity contribution >= 4 is 29.1 Å². The number of amides is 1. The van der Waals surface area contributed by atoms with Crippen LogP contribution < -0.4 is 0 Å². The predicted molar refractivity (Wildman–Crippen MR) is 119 cm³/mol. The Morgan fingerprint density at radius 1 is 0.968 bits per heavy atom. The van der Waals surface area contributed by atoms with Crippen LogP contribution in [-0.2, 0) is 6.54 Å². The second kappa shape index (κ2) is 7.84. The minimum Gasteiger partial charge on any atom is -0.322 e. The molecule has 0 saturated heterocycles. The van der Waals surface area contributed by atoms with Gasteiger partial charge in [0.2, 0.25) is 0 Å². The molecule has 0 spiro atoms. The summed E-state index contributed by atoms with van der Waals surface area (Å²) in [7, 11) is 0. The zero-order valence-electron chi connectivity index (χ0n) is 16.1. The first kappa shape index (κ1) is 19.8. The molecule has 1 atom stereocenters. The van der Waals surface area contributed by atoms with E-state index in [1.54, 1.807) is 35.2 Å². The number of carbonyl (C=O) groups excluding carboxylic acids is 1. The Morgan fingerprint density at radius 3 is 2.39 bits per heavy atom. The lowest BCUT2D eigenvalue weighted by Gasteiger charge is -2.27. The molecule has 1 N–H and O–H groups in total. The Balaban J connectivity index is 1.65. The maximum atomic E-state index is 13.6. The molecule has 1 unspecified atom stereocenters. The van der Waals surface area contributed by atoms with E-state index in [2.05, 4.69) is 10.2 Å². The second-order valence-electron chi connectivity index (χ2n) is 7.35. The number of halogens is 3. The molecule has 0 saturated carbocycles. The van der Waals surface area contributed by atoms with Crippen LogP contribution in [0.25, 0.3) is 11.3 Å². The molecule has 4 aromatic rings. The van der Waals surface area contributed by atoms with Crippen molar-refractivity contribution in [3.8, 4) is 11.3 Å². The number of hydrogen-bond donors (Lipinski definition) is 1. The van der Waals surface area contributed by atoms with Gasteiger partial charge in [-0.3, -0.25) is 9.89 Å². The van der Waals surface area contributed by atoms with Crippen LogP contribution in [0.2, 0.25) is 10.0 Å². The number of nitrogens with zero attached hydrogens (tertiary/aromatic N) is 2. The van der Waals surface area contributed by atoms with Crippen LogP contribution in [0.1, 0.15) is 33.2 Å². The van der Waals surface area contributed by atoms with Crippen LogP contribution in [0.5, 0.6) is 0 Å². The third-order valence-electron chi connectivity index (χ3n) is 5.47. The quantitative estimate of drug-likeness (QED) is 0.397. The smallest absolute Gasteiger partial charge is 0.273 e. The van der Waals surface area contributed by atoms with Crippen molar-refractivity contribution in [2.24, 2.45) is 0 Å². The molecule has 3 aromatic carbocycles. The minimum atomic E-state index is -0.441. The van der Waals surface area contributed by atoms with Gasteiger partial charge in [-0.1, -0.05) is 65.7 Å². The summed E-state index contributed by atoms with van der Waals surface area (Å²) in [4.78, 5) is 15.1. The molecule has 1 amide bonds. The SMILES string of the molecule is O=C1c2[nH]nc(-c3ccc(Cl)cc3)c2C(c2ccc(F)cc2)N1Cc1ccccc1Cl.